The van der Waals surface area contributed by atoms with Gasteiger partial charge in [0.05, 0.1) is 5.03 Å². The van der Waals surface area contributed by atoms with Gasteiger partial charge in [-0.05, 0) is 54.7 Å². The summed E-state index contributed by atoms with van der Waals surface area (Å²) in [6.45, 7) is -0.228. The van der Waals surface area contributed by atoms with E-state index in [9.17, 15) is 24.0 Å². The van der Waals surface area contributed by atoms with Gasteiger partial charge in [-0.25, -0.2) is 0 Å². The highest BCUT2D eigenvalue weighted by molar-refractivity contribution is 8.15. The summed E-state index contributed by atoms with van der Waals surface area (Å²) in [6, 6.07) is 7.87. The molecule has 0 radical (unpaired) electrons. The lowest BCUT2D eigenvalue weighted by Crippen LogP contribution is -2.45. The number of hydrogen-bond acceptors (Lipinski definition) is 8. The molecule has 1 aromatic carbocycles. The fraction of sp³-hybridized carbons (Fsp3) is 0.458. The van der Waals surface area contributed by atoms with Crippen molar-refractivity contribution in [1.82, 2.24) is 20.7 Å². The van der Waals surface area contributed by atoms with Gasteiger partial charge in [0.25, 0.3) is 11.1 Å². The Hall–Kier alpha value is -2.28. The summed E-state index contributed by atoms with van der Waals surface area (Å²) in [5.41, 5.74) is 5.76. The molecule has 2 aliphatic carbocycles. The highest BCUT2D eigenvalue weighted by Crippen LogP contribution is 2.64. The summed E-state index contributed by atoms with van der Waals surface area (Å²) in [5.74, 6) is 0.113. The van der Waals surface area contributed by atoms with Crippen molar-refractivity contribution in [2.75, 3.05) is 0 Å². The zero-order chi connectivity index (χ0) is 25.8. The first-order chi connectivity index (χ1) is 17.8. The van der Waals surface area contributed by atoms with Crippen molar-refractivity contribution < 1.29 is 19.2 Å². The number of fused-ring (bicyclic) bond motifs is 6. The number of carbonyl (C=O) groups is 4. The lowest BCUT2D eigenvalue weighted by atomic mass is 9.75. The van der Waals surface area contributed by atoms with E-state index >= 15 is 0 Å². The highest BCUT2D eigenvalue weighted by atomic mass is 35.5. The Morgan fingerprint density at radius 1 is 1.03 bits per heavy atom. The van der Waals surface area contributed by atoms with Crippen molar-refractivity contribution in [3.05, 3.63) is 49.4 Å². The maximum Gasteiger partial charge on any atom is 0.308 e. The first kappa shape index (κ1) is 25.0. The Balaban J connectivity index is 1.20. The number of thioether (sulfide) groups is 2. The molecule has 194 valence electrons. The van der Waals surface area contributed by atoms with Crippen LogP contribution in [0.3, 0.4) is 0 Å². The van der Waals surface area contributed by atoms with Crippen molar-refractivity contribution in [2.45, 2.75) is 53.7 Å². The number of rotatable bonds is 5. The molecule has 2 aromatic rings. The molecule has 2 aliphatic heterocycles. The van der Waals surface area contributed by atoms with Crippen LogP contribution in [0.4, 0.5) is 4.79 Å². The molecule has 0 spiro atoms. The Morgan fingerprint density at radius 2 is 1.76 bits per heavy atom. The monoisotopic (exact) mass is 578 g/mol. The van der Waals surface area contributed by atoms with Crippen LogP contribution in [0, 0.1) is 17.8 Å². The predicted octanol–water partition coefficient (Wildman–Crippen LogP) is 3.10. The Labute approximate surface area is 229 Å². The highest BCUT2D eigenvalue weighted by Gasteiger charge is 2.55. The van der Waals surface area contributed by atoms with Gasteiger partial charge in [0.1, 0.15) is 11.8 Å². The Kier molecular flexibility index (Phi) is 6.62. The Morgan fingerprint density at radius 3 is 2.49 bits per heavy atom. The standard InChI is InChI=1S/C24H23ClN4O5S3/c25-13-5-3-10(4-6-13)17-18-11-1-2-12(7-11)19(18)36-22-20(17)37-24(34)29(22)9-16(31)28-27-15(30)8-14-21(32)26-23(33)35-14/h3-6,11-12,14,17-19H,1-2,7-9H2,(H,27,30)(H,28,31)(H,26,32,33). The number of carbonyl (C=O) groups excluding carboxylic acids is 4. The average Bonchev–Trinajstić information content (AvgIpc) is 3.62. The van der Waals surface area contributed by atoms with Crippen molar-refractivity contribution in [1.29, 1.82) is 0 Å². The van der Waals surface area contributed by atoms with E-state index in [0.717, 1.165) is 27.2 Å². The molecule has 37 heavy (non-hydrogen) atoms. The van der Waals surface area contributed by atoms with Crippen molar-refractivity contribution in [2.24, 2.45) is 17.8 Å². The van der Waals surface area contributed by atoms with Crippen LogP contribution in [-0.4, -0.2) is 38.0 Å². The second-order valence-corrected chi connectivity index (χ2v) is 13.6. The average molecular weight is 579 g/mol. The normalized spacial score (nSPS) is 29.5. The third-order valence-corrected chi connectivity index (χ3v) is 11.8. The van der Waals surface area contributed by atoms with Crippen LogP contribution in [0.1, 0.15) is 42.0 Å². The summed E-state index contributed by atoms with van der Waals surface area (Å²) >= 11 is 9.82. The molecule has 6 rings (SSSR count). The lowest BCUT2D eigenvalue weighted by Gasteiger charge is -2.40. The topological polar surface area (TPSA) is 126 Å². The van der Waals surface area contributed by atoms with E-state index in [1.54, 1.807) is 11.8 Å². The van der Waals surface area contributed by atoms with E-state index < -0.39 is 28.2 Å². The van der Waals surface area contributed by atoms with Gasteiger partial charge in [0, 0.05) is 27.5 Å². The van der Waals surface area contributed by atoms with Crippen LogP contribution in [0.2, 0.25) is 5.02 Å². The van der Waals surface area contributed by atoms with E-state index in [1.165, 1.54) is 35.2 Å². The van der Waals surface area contributed by atoms with E-state index in [-0.39, 0.29) is 23.8 Å². The second kappa shape index (κ2) is 9.79. The minimum absolute atomic E-state index is 0.0910. The van der Waals surface area contributed by atoms with E-state index in [4.69, 9.17) is 11.6 Å². The molecule has 2 bridgehead atoms. The van der Waals surface area contributed by atoms with Crippen molar-refractivity contribution in [3.8, 4) is 0 Å². The molecule has 3 fully saturated rings. The molecule has 13 heteroatoms. The lowest BCUT2D eigenvalue weighted by molar-refractivity contribution is -0.130. The number of aromatic nitrogens is 1. The quantitative estimate of drug-likeness (QED) is 0.465. The van der Waals surface area contributed by atoms with Gasteiger partial charge in [-0.2, -0.15) is 0 Å². The SMILES string of the molecule is O=C(CC1SC(=O)NC1=O)NNC(=O)Cn1c2c(sc1=O)C(c1ccc(Cl)cc1)C1C3CCC(C3)C1S2. The zero-order valence-corrected chi connectivity index (χ0v) is 22.6. The molecule has 9 nitrogen and oxygen atoms in total. The molecule has 4 amide bonds. The van der Waals surface area contributed by atoms with Crippen LogP contribution in [0.25, 0.3) is 0 Å². The first-order valence-corrected chi connectivity index (χ1v) is 15.0. The predicted molar refractivity (Wildman–Crippen MR) is 142 cm³/mol. The number of halogens is 1. The van der Waals surface area contributed by atoms with E-state index in [2.05, 4.69) is 16.2 Å². The van der Waals surface area contributed by atoms with Crippen LogP contribution in [-0.2, 0) is 20.9 Å². The van der Waals surface area contributed by atoms with Gasteiger partial charge in [-0.3, -0.25) is 44.7 Å². The fourth-order valence-corrected chi connectivity index (χ4v) is 10.3. The third kappa shape index (κ3) is 4.62. The molecule has 1 saturated heterocycles. The molecular formula is C24H23ClN4O5S3. The number of nitrogens with zero attached hydrogens (tertiary/aromatic N) is 1. The van der Waals surface area contributed by atoms with Gasteiger partial charge in [0.2, 0.25) is 11.8 Å². The van der Waals surface area contributed by atoms with E-state index in [0.29, 0.717) is 28.0 Å². The second-order valence-electron chi connectivity index (χ2n) is 9.83. The number of imide groups is 1. The molecule has 2 saturated carbocycles. The molecule has 6 atom stereocenters. The number of nitrogens with one attached hydrogen (secondary N) is 3. The molecular weight excluding hydrogens is 556 g/mol. The third-order valence-electron chi connectivity index (χ3n) is 7.70. The maximum absolute atomic E-state index is 13.1. The maximum atomic E-state index is 13.1. The van der Waals surface area contributed by atoms with Crippen LogP contribution in [0.15, 0.2) is 34.1 Å². The number of hydrogen-bond donors (Lipinski definition) is 3. The van der Waals surface area contributed by atoms with Crippen LogP contribution < -0.4 is 21.0 Å². The van der Waals surface area contributed by atoms with Gasteiger partial charge in [0.15, 0.2) is 0 Å². The summed E-state index contributed by atoms with van der Waals surface area (Å²) in [7, 11) is 0. The molecule has 1 aromatic heterocycles. The minimum atomic E-state index is -0.827. The van der Waals surface area contributed by atoms with Gasteiger partial charge in [-0.15, -0.1) is 11.8 Å². The van der Waals surface area contributed by atoms with Gasteiger partial charge >= 0.3 is 4.87 Å². The number of benzene rings is 1. The molecule has 3 heterocycles. The van der Waals surface area contributed by atoms with Gasteiger partial charge < -0.3 is 0 Å². The molecule has 4 aliphatic rings. The van der Waals surface area contributed by atoms with Crippen molar-refractivity contribution >= 4 is 69.4 Å². The number of thiazole rings is 1. The summed E-state index contributed by atoms with van der Waals surface area (Å²) in [5, 5.41) is 2.69. The summed E-state index contributed by atoms with van der Waals surface area (Å²) < 4.78 is 1.51. The molecule has 6 unspecified atom stereocenters. The Bertz CT molecular complexity index is 1360. The van der Waals surface area contributed by atoms with E-state index in [1.807, 2.05) is 24.3 Å². The van der Waals surface area contributed by atoms with Crippen molar-refractivity contribution in [3.63, 3.8) is 0 Å². The zero-order valence-electron chi connectivity index (χ0n) is 19.4. The minimum Gasteiger partial charge on any atom is -0.286 e. The van der Waals surface area contributed by atoms with Gasteiger partial charge in [-0.1, -0.05) is 46.8 Å². The smallest absolute Gasteiger partial charge is 0.286 e. The summed E-state index contributed by atoms with van der Waals surface area (Å²) in [4.78, 5) is 61.7. The molecule has 3 N–H and O–H groups in total. The summed E-state index contributed by atoms with van der Waals surface area (Å²) in [6.07, 6.45) is 3.38. The van der Waals surface area contributed by atoms with Crippen LogP contribution >= 0.6 is 46.5 Å². The van der Waals surface area contributed by atoms with Crippen LogP contribution in [0.5, 0.6) is 0 Å². The first-order valence-electron chi connectivity index (χ1n) is 12.0. The fourth-order valence-electron chi connectivity index (χ4n) is 6.20. The largest absolute Gasteiger partial charge is 0.308 e. The number of amides is 4. The number of hydrazine groups is 1.